The number of pyridine rings is 1. The number of hydrogen-bond acceptors (Lipinski definition) is 4. The Morgan fingerprint density at radius 2 is 2.16 bits per heavy atom. The van der Waals surface area contributed by atoms with Crippen molar-refractivity contribution >= 4 is 22.2 Å². The second-order valence-corrected chi connectivity index (χ2v) is 5.51. The van der Waals surface area contributed by atoms with Crippen LogP contribution in [0.4, 0.5) is 0 Å². The molecule has 0 amide bonds. The Balaban J connectivity index is 1.96. The fourth-order valence-corrected chi connectivity index (χ4v) is 2.82. The van der Waals surface area contributed by atoms with Gasteiger partial charge in [-0.1, -0.05) is 18.2 Å². The van der Waals surface area contributed by atoms with Gasteiger partial charge < -0.3 is 5.11 Å². The molecule has 2 heterocycles. The van der Waals surface area contributed by atoms with Crippen LogP contribution >= 0.6 is 11.3 Å². The van der Waals surface area contributed by atoms with Crippen molar-refractivity contribution in [3.05, 3.63) is 58.2 Å². The molecule has 96 valence electrons. The van der Waals surface area contributed by atoms with Crippen molar-refractivity contribution in [1.29, 1.82) is 0 Å². The summed E-state index contributed by atoms with van der Waals surface area (Å²) < 4.78 is 0. The lowest BCUT2D eigenvalue weighted by atomic mass is 10.1. The lowest BCUT2D eigenvalue weighted by Gasteiger charge is -2.11. The zero-order chi connectivity index (χ0) is 13.2. The number of rotatable bonds is 3. The van der Waals surface area contributed by atoms with Crippen molar-refractivity contribution in [3.63, 3.8) is 0 Å². The van der Waals surface area contributed by atoms with Gasteiger partial charge >= 0.3 is 0 Å². The second-order valence-electron chi connectivity index (χ2n) is 4.53. The van der Waals surface area contributed by atoms with E-state index in [4.69, 9.17) is 0 Å². The molecule has 3 nitrogen and oxygen atoms in total. The molecule has 4 heteroatoms. The Hall–Kier alpha value is -1.78. The Bertz CT molecular complexity index is 694. The number of para-hydroxylation sites is 1. The molecule has 19 heavy (non-hydrogen) atoms. The van der Waals surface area contributed by atoms with Crippen LogP contribution in [0.3, 0.4) is 0 Å². The minimum absolute atomic E-state index is 0.516. The van der Waals surface area contributed by atoms with Gasteiger partial charge in [0, 0.05) is 23.4 Å². The lowest BCUT2D eigenvalue weighted by Crippen LogP contribution is -2.05. The zero-order valence-electron chi connectivity index (χ0n) is 10.6. The molecule has 3 rings (SSSR count). The molecule has 0 bridgehead atoms. The molecule has 0 aliphatic carbocycles. The zero-order valence-corrected chi connectivity index (χ0v) is 11.4. The first-order chi connectivity index (χ1) is 9.24. The molecule has 1 N–H and O–H groups in total. The topological polar surface area (TPSA) is 46.0 Å². The predicted octanol–water partition coefficient (Wildman–Crippen LogP) is 3.28. The lowest BCUT2D eigenvalue weighted by molar-refractivity contribution is 0.174. The second kappa shape index (κ2) is 5.07. The summed E-state index contributed by atoms with van der Waals surface area (Å²) in [7, 11) is 0. The van der Waals surface area contributed by atoms with Gasteiger partial charge in [-0.2, -0.15) is 0 Å². The largest absolute Gasteiger partial charge is 0.386 e. The third-order valence-electron chi connectivity index (χ3n) is 3.14. The molecule has 1 atom stereocenters. The van der Waals surface area contributed by atoms with Gasteiger partial charge in [0.25, 0.3) is 0 Å². The summed E-state index contributed by atoms with van der Waals surface area (Å²) in [6.07, 6.45) is 1.67. The number of benzene rings is 1. The van der Waals surface area contributed by atoms with Crippen LogP contribution in [-0.2, 0) is 6.42 Å². The van der Waals surface area contributed by atoms with Gasteiger partial charge in [-0.3, -0.25) is 4.98 Å². The monoisotopic (exact) mass is 270 g/mol. The fraction of sp³-hybridized carbons (Fsp3) is 0.200. The number of aromatic nitrogens is 2. The smallest absolute Gasteiger partial charge is 0.102 e. The standard InChI is InChI=1S/C15H14N2OS/c1-10-8-13(14(18)9-15-16-6-7-19-15)17-12-5-3-2-4-11(10)12/h2-8,14,18H,9H2,1H3. The summed E-state index contributed by atoms with van der Waals surface area (Å²) in [5, 5.41) is 14.3. The van der Waals surface area contributed by atoms with Gasteiger partial charge in [0.1, 0.15) is 6.10 Å². The molecule has 0 aliphatic heterocycles. The van der Waals surface area contributed by atoms with Crippen LogP contribution < -0.4 is 0 Å². The van der Waals surface area contributed by atoms with Gasteiger partial charge in [-0.25, -0.2) is 4.98 Å². The molecule has 0 radical (unpaired) electrons. The molecule has 3 aromatic rings. The predicted molar refractivity (Wildman–Crippen MR) is 77.3 cm³/mol. The van der Waals surface area contributed by atoms with Crippen LogP contribution in [0.25, 0.3) is 10.9 Å². The SMILES string of the molecule is Cc1cc(C(O)Cc2nccs2)nc2ccccc12. The average molecular weight is 270 g/mol. The highest BCUT2D eigenvalue weighted by Crippen LogP contribution is 2.23. The van der Waals surface area contributed by atoms with Crippen molar-refractivity contribution in [2.75, 3.05) is 0 Å². The van der Waals surface area contributed by atoms with E-state index >= 15 is 0 Å². The van der Waals surface area contributed by atoms with E-state index in [1.54, 1.807) is 17.5 Å². The van der Waals surface area contributed by atoms with Crippen LogP contribution in [-0.4, -0.2) is 15.1 Å². The number of thiazole rings is 1. The Morgan fingerprint density at radius 3 is 2.95 bits per heavy atom. The number of hydrogen-bond donors (Lipinski definition) is 1. The first kappa shape index (κ1) is 12.3. The van der Waals surface area contributed by atoms with Crippen LogP contribution in [0.2, 0.25) is 0 Å². The molecule has 2 aromatic heterocycles. The quantitative estimate of drug-likeness (QED) is 0.794. The van der Waals surface area contributed by atoms with E-state index in [0.717, 1.165) is 21.5 Å². The molecule has 1 aromatic carbocycles. The maximum atomic E-state index is 10.3. The van der Waals surface area contributed by atoms with Crippen molar-refractivity contribution in [2.24, 2.45) is 0 Å². The van der Waals surface area contributed by atoms with E-state index < -0.39 is 6.10 Å². The first-order valence-corrected chi connectivity index (χ1v) is 7.05. The summed E-state index contributed by atoms with van der Waals surface area (Å²) in [4.78, 5) is 8.74. The van der Waals surface area contributed by atoms with Crippen LogP contribution in [0.5, 0.6) is 0 Å². The molecule has 1 unspecified atom stereocenters. The maximum Gasteiger partial charge on any atom is 0.102 e. The van der Waals surface area contributed by atoms with E-state index in [2.05, 4.69) is 16.0 Å². The Morgan fingerprint density at radius 1 is 1.32 bits per heavy atom. The molecule has 0 spiro atoms. The van der Waals surface area contributed by atoms with E-state index in [0.29, 0.717) is 12.1 Å². The van der Waals surface area contributed by atoms with Crippen molar-refractivity contribution < 1.29 is 5.11 Å². The number of aliphatic hydroxyl groups excluding tert-OH is 1. The van der Waals surface area contributed by atoms with E-state index in [-0.39, 0.29) is 0 Å². The summed E-state index contributed by atoms with van der Waals surface area (Å²) in [6.45, 7) is 2.05. The highest BCUT2D eigenvalue weighted by Gasteiger charge is 2.13. The van der Waals surface area contributed by atoms with Gasteiger partial charge in [0.05, 0.1) is 16.2 Å². The summed E-state index contributed by atoms with van der Waals surface area (Å²) >= 11 is 1.55. The third-order valence-corrected chi connectivity index (χ3v) is 3.94. The normalized spacial score (nSPS) is 12.7. The van der Waals surface area contributed by atoms with E-state index in [1.165, 1.54) is 0 Å². The Labute approximate surface area is 115 Å². The maximum absolute atomic E-state index is 10.3. The fourth-order valence-electron chi connectivity index (χ4n) is 2.17. The van der Waals surface area contributed by atoms with Crippen LogP contribution in [0, 0.1) is 6.92 Å². The van der Waals surface area contributed by atoms with Crippen molar-refractivity contribution in [3.8, 4) is 0 Å². The van der Waals surface area contributed by atoms with Gasteiger partial charge in [-0.05, 0) is 24.6 Å². The number of aryl methyl sites for hydroxylation is 1. The number of fused-ring (bicyclic) bond motifs is 1. The highest BCUT2D eigenvalue weighted by atomic mass is 32.1. The van der Waals surface area contributed by atoms with Gasteiger partial charge in [-0.15, -0.1) is 11.3 Å². The molecular formula is C15H14N2OS. The van der Waals surface area contributed by atoms with Crippen molar-refractivity contribution in [1.82, 2.24) is 9.97 Å². The third kappa shape index (κ3) is 2.50. The number of nitrogens with zero attached hydrogens (tertiary/aromatic N) is 2. The summed E-state index contributed by atoms with van der Waals surface area (Å²) in [5.74, 6) is 0. The first-order valence-electron chi connectivity index (χ1n) is 6.17. The van der Waals surface area contributed by atoms with E-state index in [1.807, 2.05) is 36.6 Å². The summed E-state index contributed by atoms with van der Waals surface area (Å²) in [6, 6.07) is 9.95. The average Bonchev–Trinajstić information content (AvgIpc) is 2.91. The van der Waals surface area contributed by atoms with Crippen molar-refractivity contribution in [2.45, 2.75) is 19.4 Å². The summed E-state index contributed by atoms with van der Waals surface area (Å²) in [5.41, 5.74) is 2.78. The van der Waals surface area contributed by atoms with Crippen LogP contribution in [0.1, 0.15) is 22.4 Å². The molecule has 0 fully saturated rings. The van der Waals surface area contributed by atoms with Gasteiger partial charge in [0.2, 0.25) is 0 Å². The Kier molecular flexibility index (Phi) is 3.27. The minimum atomic E-state index is -0.602. The number of aliphatic hydroxyl groups is 1. The highest BCUT2D eigenvalue weighted by molar-refractivity contribution is 7.09. The molecule has 0 saturated heterocycles. The van der Waals surface area contributed by atoms with Gasteiger partial charge in [0.15, 0.2) is 0 Å². The molecular weight excluding hydrogens is 256 g/mol. The van der Waals surface area contributed by atoms with Crippen LogP contribution in [0.15, 0.2) is 41.9 Å². The molecule has 0 aliphatic rings. The molecule has 0 saturated carbocycles. The minimum Gasteiger partial charge on any atom is -0.386 e. The van der Waals surface area contributed by atoms with E-state index in [9.17, 15) is 5.11 Å².